The van der Waals surface area contributed by atoms with Crippen LogP contribution in [0.3, 0.4) is 0 Å². The Bertz CT molecular complexity index is 1180. The molecule has 0 bridgehead atoms. The van der Waals surface area contributed by atoms with Crippen LogP contribution in [0.5, 0.6) is 0 Å². The lowest BCUT2D eigenvalue weighted by molar-refractivity contribution is -0.116. The smallest absolute Gasteiger partial charge is 0.261 e. The predicted molar refractivity (Wildman–Crippen MR) is 124 cm³/mol. The number of ether oxygens (including phenoxy) is 1. The summed E-state index contributed by atoms with van der Waals surface area (Å²) < 4.78 is 7.21. The Balaban J connectivity index is 1.26. The zero-order chi connectivity index (χ0) is 21.9. The number of aryl methyl sites for hydroxylation is 1. The number of amides is 1. The van der Waals surface area contributed by atoms with Gasteiger partial charge in [-0.2, -0.15) is 0 Å². The molecule has 2 heterocycles. The Morgan fingerprint density at radius 3 is 2.72 bits per heavy atom. The first-order valence-electron chi connectivity index (χ1n) is 11.4. The molecule has 0 unspecified atom stereocenters. The summed E-state index contributed by atoms with van der Waals surface area (Å²) in [6.07, 6.45) is 2.71. The van der Waals surface area contributed by atoms with Crippen LogP contribution in [-0.2, 0) is 22.5 Å². The van der Waals surface area contributed by atoms with E-state index in [1.807, 2.05) is 42.5 Å². The van der Waals surface area contributed by atoms with E-state index in [0.717, 1.165) is 51.4 Å². The van der Waals surface area contributed by atoms with Crippen molar-refractivity contribution in [3.63, 3.8) is 0 Å². The first kappa shape index (κ1) is 20.8. The number of morpholine rings is 1. The van der Waals surface area contributed by atoms with Gasteiger partial charge in [0.15, 0.2) is 0 Å². The molecule has 0 atom stereocenters. The van der Waals surface area contributed by atoms with Crippen molar-refractivity contribution in [2.45, 2.75) is 38.3 Å². The van der Waals surface area contributed by atoms with Gasteiger partial charge in [-0.25, -0.2) is 4.98 Å². The van der Waals surface area contributed by atoms with Gasteiger partial charge < -0.3 is 10.1 Å². The number of carbonyl (C=O) groups is 1. The van der Waals surface area contributed by atoms with Crippen LogP contribution in [0.15, 0.2) is 53.3 Å². The molecule has 1 aromatic heterocycles. The van der Waals surface area contributed by atoms with Gasteiger partial charge in [-0.3, -0.25) is 19.1 Å². The normalized spacial score (nSPS) is 16.9. The Morgan fingerprint density at radius 2 is 1.91 bits per heavy atom. The topological polar surface area (TPSA) is 76.5 Å². The van der Waals surface area contributed by atoms with Crippen molar-refractivity contribution in [2.75, 3.05) is 31.6 Å². The molecule has 2 fully saturated rings. The van der Waals surface area contributed by atoms with Gasteiger partial charge in [0, 0.05) is 44.2 Å². The molecule has 1 aliphatic heterocycles. The van der Waals surface area contributed by atoms with Crippen LogP contribution in [-0.4, -0.2) is 46.7 Å². The van der Waals surface area contributed by atoms with Crippen LogP contribution in [0, 0.1) is 0 Å². The minimum Gasteiger partial charge on any atom is -0.379 e. The van der Waals surface area contributed by atoms with E-state index in [-0.39, 0.29) is 23.9 Å². The van der Waals surface area contributed by atoms with Gasteiger partial charge in [-0.15, -0.1) is 0 Å². The minimum absolute atomic E-state index is 0.00400. The maximum Gasteiger partial charge on any atom is 0.261 e. The summed E-state index contributed by atoms with van der Waals surface area (Å²) in [6, 6.07) is 15.6. The van der Waals surface area contributed by atoms with Crippen LogP contribution >= 0.6 is 0 Å². The number of hydrogen-bond acceptors (Lipinski definition) is 5. The summed E-state index contributed by atoms with van der Waals surface area (Å²) >= 11 is 0. The Morgan fingerprint density at radius 1 is 1.09 bits per heavy atom. The highest BCUT2D eigenvalue weighted by atomic mass is 16.5. The SMILES string of the molecule is O=C(CCc1nc2ccccc2c(=O)n1C1CC1)Nc1cccc(CN2CCOCC2)c1. The quantitative estimate of drug-likeness (QED) is 0.621. The molecular formula is C25H28N4O3. The molecule has 2 aliphatic rings. The fourth-order valence-electron chi connectivity index (χ4n) is 4.29. The lowest BCUT2D eigenvalue weighted by Crippen LogP contribution is -2.35. The summed E-state index contributed by atoms with van der Waals surface area (Å²) in [5.74, 6) is 0.630. The monoisotopic (exact) mass is 432 g/mol. The second-order valence-corrected chi connectivity index (χ2v) is 8.59. The summed E-state index contributed by atoms with van der Waals surface area (Å²) in [4.78, 5) is 32.7. The zero-order valence-electron chi connectivity index (χ0n) is 18.1. The second-order valence-electron chi connectivity index (χ2n) is 8.59. The molecule has 0 radical (unpaired) electrons. The van der Waals surface area contributed by atoms with Crippen molar-refractivity contribution in [1.82, 2.24) is 14.5 Å². The van der Waals surface area contributed by atoms with Crippen molar-refractivity contribution in [3.05, 3.63) is 70.3 Å². The molecule has 0 spiro atoms. The van der Waals surface area contributed by atoms with Gasteiger partial charge in [0.25, 0.3) is 5.56 Å². The lowest BCUT2D eigenvalue weighted by atomic mass is 10.1. The van der Waals surface area contributed by atoms with Gasteiger partial charge in [0.2, 0.25) is 5.91 Å². The summed E-state index contributed by atoms with van der Waals surface area (Å²) in [5, 5.41) is 3.65. The highest BCUT2D eigenvalue weighted by Gasteiger charge is 2.28. The van der Waals surface area contributed by atoms with Gasteiger partial charge in [-0.1, -0.05) is 24.3 Å². The number of fused-ring (bicyclic) bond motifs is 1. The van der Waals surface area contributed by atoms with Crippen molar-refractivity contribution in [1.29, 1.82) is 0 Å². The van der Waals surface area contributed by atoms with Gasteiger partial charge in [0.05, 0.1) is 24.1 Å². The van der Waals surface area contributed by atoms with Crippen LogP contribution < -0.4 is 10.9 Å². The molecule has 5 rings (SSSR count). The van der Waals surface area contributed by atoms with Gasteiger partial charge in [0.1, 0.15) is 5.82 Å². The van der Waals surface area contributed by atoms with Crippen LogP contribution in [0.25, 0.3) is 10.9 Å². The fourth-order valence-corrected chi connectivity index (χ4v) is 4.29. The molecule has 7 nitrogen and oxygen atoms in total. The maximum atomic E-state index is 13.0. The molecule has 1 N–H and O–H groups in total. The number of carbonyl (C=O) groups excluding carboxylic acids is 1. The highest BCUT2D eigenvalue weighted by molar-refractivity contribution is 5.90. The van der Waals surface area contributed by atoms with E-state index in [2.05, 4.69) is 16.3 Å². The molecule has 166 valence electrons. The molecule has 7 heteroatoms. The molecule has 1 amide bonds. The second kappa shape index (κ2) is 9.22. The number of nitrogens with one attached hydrogen (secondary N) is 1. The Hall–Kier alpha value is -3.03. The van der Waals surface area contributed by atoms with Gasteiger partial charge in [-0.05, 0) is 42.7 Å². The number of para-hydroxylation sites is 1. The largest absolute Gasteiger partial charge is 0.379 e. The van der Waals surface area contributed by atoms with Gasteiger partial charge >= 0.3 is 0 Å². The van der Waals surface area contributed by atoms with E-state index in [1.54, 1.807) is 4.57 Å². The number of nitrogens with zero attached hydrogens (tertiary/aromatic N) is 3. The van der Waals surface area contributed by atoms with Crippen molar-refractivity contribution in [2.24, 2.45) is 0 Å². The van der Waals surface area contributed by atoms with E-state index in [1.165, 1.54) is 5.56 Å². The third-order valence-electron chi connectivity index (χ3n) is 6.09. The lowest BCUT2D eigenvalue weighted by Gasteiger charge is -2.26. The average molecular weight is 433 g/mol. The molecule has 1 saturated carbocycles. The summed E-state index contributed by atoms with van der Waals surface area (Å²) in [7, 11) is 0. The third-order valence-corrected chi connectivity index (χ3v) is 6.09. The molecule has 3 aromatic rings. The molecule has 32 heavy (non-hydrogen) atoms. The predicted octanol–water partition coefficient (Wildman–Crippen LogP) is 3.13. The number of benzene rings is 2. The van der Waals surface area contributed by atoms with Crippen molar-refractivity contribution in [3.8, 4) is 0 Å². The first-order chi connectivity index (χ1) is 15.7. The van der Waals surface area contributed by atoms with Crippen LogP contribution in [0.2, 0.25) is 0 Å². The fraction of sp³-hybridized carbons (Fsp3) is 0.400. The number of aromatic nitrogens is 2. The molecule has 1 aliphatic carbocycles. The van der Waals surface area contributed by atoms with Crippen molar-refractivity contribution < 1.29 is 9.53 Å². The molecular weight excluding hydrogens is 404 g/mol. The number of hydrogen-bond donors (Lipinski definition) is 1. The Labute approximate surface area is 187 Å². The number of anilines is 1. The van der Waals surface area contributed by atoms with E-state index >= 15 is 0 Å². The Kier molecular flexibility index (Phi) is 6.01. The highest BCUT2D eigenvalue weighted by Crippen LogP contribution is 2.35. The summed E-state index contributed by atoms with van der Waals surface area (Å²) in [6.45, 7) is 4.24. The van der Waals surface area contributed by atoms with Crippen LogP contribution in [0.1, 0.15) is 36.7 Å². The zero-order valence-corrected chi connectivity index (χ0v) is 18.1. The van der Waals surface area contributed by atoms with E-state index in [4.69, 9.17) is 9.72 Å². The van der Waals surface area contributed by atoms with E-state index in [9.17, 15) is 9.59 Å². The maximum absolute atomic E-state index is 13.0. The third kappa shape index (κ3) is 4.74. The van der Waals surface area contributed by atoms with E-state index < -0.39 is 0 Å². The number of rotatable bonds is 7. The molecule has 2 aromatic carbocycles. The average Bonchev–Trinajstić information content (AvgIpc) is 3.64. The standard InChI is InChI=1S/C25H28N4O3/c30-24(26-19-5-3-4-18(16-19)17-28-12-14-32-15-13-28)11-10-23-27-22-7-2-1-6-21(22)25(31)29(23)20-8-9-20/h1-7,16,20H,8-15,17H2,(H,26,30). The minimum atomic E-state index is -0.0710. The molecule has 1 saturated heterocycles. The van der Waals surface area contributed by atoms with E-state index in [0.29, 0.717) is 23.1 Å². The first-order valence-corrected chi connectivity index (χ1v) is 11.4. The van der Waals surface area contributed by atoms with Crippen LogP contribution in [0.4, 0.5) is 5.69 Å². The summed E-state index contributed by atoms with van der Waals surface area (Å²) in [5.41, 5.74) is 2.67. The van der Waals surface area contributed by atoms with Crippen molar-refractivity contribution >= 4 is 22.5 Å².